The van der Waals surface area contributed by atoms with Crippen molar-refractivity contribution in [2.75, 3.05) is 5.73 Å². The standard InChI is InChI=1S/C13H15N3OS/c1-8(10-5-3-4-6-11(10)14)16-13(17)12-9(2)15-7-18-12/h3-8H,14H2,1-2H3,(H,16,17). The van der Waals surface area contributed by atoms with E-state index in [9.17, 15) is 4.79 Å². The highest BCUT2D eigenvalue weighted by atomic mass is 32.1. The minimum absolute atomic E-state index is 0.106. The molecule has 3 N–H and O–H groups in total. The third-order valence-electron chi connectivity index (χ3n) is 2.76. The summed E-state index contributed by atoms with van der Waals surface area (Å²) in [5, 5.41) is 2.93. The predicted molar refractivity (Wildman–Crippen MR) is 73.6 cm³/mol. The van der Waals surface area contributed by atoms with Crippen LogP contribution in [0.15, 0.2) is 29.8 Å². The summed E-state index contributed by atoms with van der Waals surface area (Å²) >= 11 is 1.34. The van der Waals surface area contributed by atoms with E-state index in [4.69, 9.17) is 5.73 Å². The average molecular weight is 261 g/mol. The van der Waals surface area contributed by atoms with E-state index >= 15 is 0 Å². The number of hydrogen-bond donors (Lipinski definition) is 2. The maximum absolute atomic E-state index is 12.0. The number of hydrogen-bond acceptors (Lipinski definition) is 4. The second-order valence-electron chi connectivity index (χ2n) is 4.09. The Morgan fingerprint density at radius 2 is 2.17 bits per heavy atom. The fourth-order valence-electron chi connectivity index (χ4n) is 1.77. The van der Waals surface area contributed by atoms with E-state index in [2.05, 4.69) is 10.3 Å². The van der Waals surface area contributed by atoms with E-state index in [1.54, 1.807) is 5.51 Å². The van der Waals surface area contributed by atoms with Crippen LogP contribution < -0.4 is 11.1 Å². The van der Waals surface area contributed by atoms with E-state index in [1.165, 1.54) is 11.3 Å². The van der Waals surface area contributed by atoms with Gasteiger partial charge in [0, 0.05) is 5.69 Å². The first kappa shape index (κ1) is 12.6. The number of anilines is 1. The number of thiazole rings is 1. The van der Waals surface area contributed by atoms with Gasteiger partial charge in [0.25, 0.3) is 5.91 Å². The minimum Gasteiger partial charge on any atom is -0.398 e. The molecule has 4 nitrogen and oxygen atoms in total. The molecule has 0 aliphatic heterocycles. The van der Waals surface area contributed by atoms with Crippen LogP contribution in [0.3, 0.4) is 0 Å². The van der Waals surface area contributed by atoms with Crippen LogP contribution in [0.25, 0.3) is 0 Å². The molecule has 2 rings (SSSR count). The Morgan fingerprint density at radius 1 is 1.44 bits per heavy atom. The van der Waals surface area contributed by atoms with E-state index in [0.717, 1.165) is 11.3 Å². The van der Waals surface area contributed by atoms with Crippen molar-refractivity contribution >= 4 is 22.9 Å². The molecule has 0 aliphatic carbocycles. The van der Waals surface area contributed by atoms with Crippen LogP contribution >= 0.6 is 11.3 Å². The summed E-state index contributed by atoms with van der Waals surface area (Å²) in [4.78, 5) is 16.8. The second kappa shape index (κ2) is 5.18. The van der Waals surface area contributed by atoms with Crippen molar-refractivity contribution < 1.29 is 4.79 Å². The molecular formula is C13H15N3OS. The number of rotatable bonds is 3. The third kappa shape index (κ3) is 2.51. The topological polar surface area (TPSA) is 68.0 Å². The molecule has 1 atom stereocenters. The molecule has 2 aromatic rings. The van der Waals surface area contributed by atoms with Crippen molar-refractivity contribution in [3.8, 4) is 0 Å². The number of amides is 1. The number of nitrogen functional groups attached to an aromatic ring is 1. The van der Waals surface area contributed by atoms with E-state index in [1.807, 2.05) is 38.1 Å². The van der Waals surface area contributed by atoms with Gasteiger partial charge in [-0.25, -0.2) is 4.98 Å². The Hall–Kier alpha value is -1.88. The molecule has 0 saturated heterocycles. The zero-order valence-corrected chi connectivity index (χ0v) is 11.1. The molecule has 1 amide bonds. The van der Waals surface area contributed by atoms with E-state index in [0.29, 0.717) is 10.6 Å². The molecule has 0 fully saturated rings. The maximum atomic E-state index is 12.0. The van der Waals surface area contributed by atoms with Crippen LogP contribution in [0.1, 0.15) is 33.9 Å². The zero-order chi connectivity index (χ0) is 13.1. The fraction of sp³-hybridized carbons (Fsp3) is 0.231. The molecule has 0 bridgehead atoms. The minimum atomic E-state index is -0.125. The molecule has 5 heteroatoms. The second-order valence-corrected chi connectivity index (χ2v) is 4.95. The third-order valence-corrected chi connectivity index (χ3v) is 3.69. The number of nitrogens with one attached hydrogen (secondary N) is 1. The van der Waals surface area contributed by atoms with Crippen molar-refractivity contribution in [2.45, 2.75) is 19.9 Å². The van der Waals surface area contributed by atoms with E-state index < -0.39 is 0 Å². The van der Waals surface area contributed by atoms with Gasteiger partial charge >= 0.3 is 0 Å². The monoisotopic (exact) mass is 261 g/mol. The lowest BCUT2D eigenvalue weighted by atomic mass is 10.1. The number of nitrogens with zero attached hydrogens (tertiary/aromatic N) is 1. The highest BCUT2D eigenvalue weighted by Crippen LogP contribution is 2.20. The lowest BCUT2D eigenvalue weighted by molar-refractivity contribution is 0.0943. The number of benzene rings is 1. The van der Waals surface area contributed by atoms with Gasteiger partial charge in [-0.05, 0) is 25.5 Å². The van der Waals surface area contributed by atoms with Gasteiger partial charge in [-0.1, -0.05) is 18.2 Å². The Morgan fingerprint density at radius 3 is 2.78 bits per heavy atom. The average Bonchev–Trinajstić information content (AvgIpc) is 2.76. The zero-order valence-electron chi connectivity index (χ0n) is 10.3. The molecule has 1 unspecified atom stereocenters. The molecular weight excluding hydrogens is 246 g/mol. The number of aryl methyl sites for hydroxylation is 1. The summed E-state index contributed by atoms with van der Waals surface area (Å²) < 4.78 is 0. The van der Waals surface area contributed by atoms with Crippen LogP contribution in [0.2, 0.25) is 0 Å². The van der Waals surface area contributed by atoms with Gasteiger partial charge in [0.1, 0.15) is 4.88 Å². The summed E-state index contributed by atoms with van der Waals surface area (Å²) in [6.07, 6.45) is 0. The first-order chi connectivity index (χ1) is 8.59. The molecule has 1 heterocycles. The van der Waals surface area contributed by atoms with E-state index in [-0.39, 0.29) is 11.9 Å². The maximum Gasteiger partial charge on any atom is 0.263 e. The number of aromatic nitrogens is 1. The molecule has 1 aromatic carbocycles. The van der Waals surface area contributed by atoms with Crippen molar-refractivity contribution in [2.24, 2.45) is 0 Å². The van der Waals surface area contributed by atoms with Gasteiger partial charge in [0.2, 0.25) is 0 Å². The van der Waals surface area contributed by atoms with Crippen LogP contribution in [-0.4, -0.2) is 10.9 Å². The predicted octanol–water partition coefficient (Wildman–Crippen LogP) is 2.52. The number of carbonyl (C=O) groups excluding carboxylic acids is 1. The normalized spacial score (nSPS) is 12.1. The first-order valence-electron chi connectivity index (χ1n) is 5.65. The van der Waals surface area contributed by atoms with Gasteiger partial charge in [0.15, 0.2) is 0 Å². The lowest BCUT2D eigenvalue weighted by Crippen LogP contribution is -2.27. The summed E-state index contributed by atoms with van der Waals surface area (Å²) in [6.45, 7) is 3.74. The van der Waals surface area contributed by atoms with Crippen LogP contribution in [0, 0.1) is 6.92 Å². The van der Waals surface area contributed by atoms with Crippen LogP contribution in [0.5, 0.6) is 0 Å². The van der Waals surface area contributed by atoms with Gasteiger partial charge in [-0.3, -0.25) is 4.79 Å². The SMILES string of the molecule is Cc1ncsc1C(=O)NC(C)c1ccccc1N. The summed E-state index contributed by atoms with van der Waals surface area (Å²) in [6, 6.07) is 7.41. The molecule has 94 valence electrons. The highest BCUT2D eigenvalue weighted by Gasteiger charge is 2.16. The fourth-order valence-corrected chi connectivity index (χ4v) is 2.47. The molecule has 0 aliphatic rings. The number of nitrogens with two attached hydrogens (primary N) is 1. The molecule has 0 spiro atoms. The van der Waals surface area contributed by atoms with Crippen LogP contribution in [0.4, 0.5) is 5.69 Å². The van der Waals surface area contributed by atoms with Gasteiger partial charge in [-0.2, -0.15) is 0 Å². The number of carbonyl (C=O) groups is 1. The Labute approximate surface area is 110 Å². The molecule has 0 radical (unpaired) electrons. The first-order valence-corrected chi connectivity index (χ1v) is 6.53. The van der Waals surface area contributed by atoms with Gasteiger partial charge < -0.3 is 11.1 Å². The largest absolute Gasteiger partial charge is 0.398 e. The Bertz CT molecular complexity index is 565. The van der Waals surface area contributed by atoms with Crippen LogP contribution in [-0.2, 0) is 0 Å². The van der Waals surface area contributed by atoms with Gasteiger partial charge in [0.05, 0.1) is 17.2 Å². The summed E-state index contributed by atoms with van der Waals surface area (Å²) in [7, 11) is 0. The Kier molecular flexibility index (Phi) is 3.62. The smallest absolute Gasteiger partial charge is 0.263 e. The van der Waals surface area contributed by atoms with Crippen molar-refractivity contribution in [3.05, 3.63) is 45.9 Å². The Balaban J connectivity index is 2.13. The molecule has 1 aromatic heterocycles. The number of para-hydroxylation sites is 1. The highest BCUT2D eigenvalue weighted by molar-refractivity contribution is 7.11. The van der Waals surface area contributed by atoms with Gasteiger partial charge in [-0.15, -0.1) is 11.3 Å². The molecule has 0 saturated carbocycles. The summed E-state index contributed by atoms with van der Waals surface area (Å²) in [5.74, 6) is -0.106. The van der Waals surface area contributed by atoms with Crippen molar-refractivity contribution in [1.29, 1.82) is 0 Å². The van der Waals surface area contributed by atoms with Crippen molar-refractivity contribution in [1.82, 2.24) is 10.3 Å². The quantitative estimate of drug-likeness (QED) is 0.834. The summed E-state index contributed by atoms with van der Waals surface area (Å²) in [5.41, 5.74) is 9.92. The lowest BCUT2D eigenvalue weighted by Gasteiger charge is -2.15. The molecule has 18 heavy (non-hydrogen) atoms. The van der Waals surface area contributed by atoms with Crippen molar-refractivity contribution in [3.63, 3.8) is 0 Å².